The summed E-state index contributed by atoms with van der Waals surface area (Å²) in [5.41, 5.74) is 0.608. The maximum atomic E-state index is 12.7. The molecule has 7 heteroatoms. The predicted octanol–water partition coefficient (Wildman–Crippen LogP) is 4.05. The van der Waals surface area contributed by atoms with Crippen LogP contribution in [0.3, 0.4) is 0 Å². The molecule has 1 saturated carbocycles. The highest BCUT2D eigenvalue weighted by molar-refractivity contribution is 7.99. The zero-order valence-electron chi connectivity index (χ0n) is 16.8. The van der Waals surface area contributed by atoms with Crippen LogP contribution in [0.5, 0.6) is 11.5 Å². The number of amides is 1. The van der Waals surface area contributed by atoms with E-state index in [1.165, 1.54) is 0 Å². The number of carbonyl (C=O) groups excluding carboxylic acids is 1. The van der Waals surface area contributed by atoms with Crippen LogP contribution in [-0.2, 0) is 7.05 Å². The molecule has 1 N–H and O–H groups in total. The molecule has 6 nitrogen and oxygen atoms in total. The van der Waals surface area contributed by atoms with Gasteiger partial charge in [-0.1, -0.05) is 11.8 Å². The molecule has 0 unspecified atom stereocenters. The second-order valence-electron chi connectivity index (χ2n) is 6.91. The Balaban J connectivity index is 1.54. The van der Waals surface area contributed by atoms with Gasteiger partial charge in [0.1, 0.15) is 0 Å². The van der Waals surface area contributed by atoms with E-state index in [1.54, 1.807) is 12.1 Å². The van der Waals surface area contributed by atoms with Gasteiger partial charge in [-0.2, -0.15) is 0 Å². The Morgan fingerprint density at radius 2 is 1.89 bits per heavy atom. The van der Waals surface area contributed by atoms with Crippen molar-refractivity contribution < 1.29 is 14.3 Å². The number of aryl methyl sites for hydroxylation is 1. The van der Waals surface area contributed by atoms with E-state index in [0.29, 0.717) is 35.5 Å². The minimum absolute atomic E-state index is 0.0517. The van der Waals surface area contributed by atoms with Gasteiger partial charge in [0.25, 0.3) is 5.91 Å². The number of nitrogens with one attached hydrogen (secondary N) is 1. The normalized spacial score (nSPS) is 19.2. The van der Waals surface area contributed by atoms with Crippen molar-refractivity contribution >= 4 is 17.7 Å². The number of imidazole rings is 1. The van der Waals surface area contributed by atoms with E-state index in [4.69, 9.17) is 9.47 Å². The summed E-state index contributed by atoms with van der Waals surface area (Å²) in [4.78, 5) is 17.1. The van der Waals surface area contributed by atoms with Crippen molar-refractivity contribution in [3.8, 4) is 11.5 Å². The molecule has 1 aliphatic rings. The van der Waals surface area contributed by atoms with Crippen LogP contribution in [0.2, 0.25) is 0 Å². The lowest BCUT2D eigenvalue weighted by Gasteiger charge is -2.28. The summed E-state index contributed by atoms with van der Waals surface area (Å²) in [5.74, 6) is 1.24. The summed E-state index contributed by atoms with van der Waals surface area (Å²) >= 11 is 1.84. The summed E-state index contributed by atoms with van der Waals surface area (Å²) in [6.07, 6.45) is 7.95. The number of aromatic nitrogens is 2. The van der Waals surface area contributed by atoms with Crippen molar-refractivity contribution in [2.24, 2.45) is 7.05 Å². The number of hydrogen-bond acceptors (Lipinski definition) is 5. The van der Waals surface area contributed by atoms with Crippen LogP contribution < -0.4 is 14.8 Å². The molecule has 0 saturated heterocycles. The lowest BCUT2D eigenvalue weighted by atomic mass is 9.94. The van der Waals surface area contributed by atoms with Crippen LogP contribution in [0.1, 0.15) is 49.9 Å². The lowest BCUT2D eigenvalue weighted by molar-refractivity contribution is 0.0927. The molecule has 28 heavy (non-hydrogen) atoms. The first-order chi connectivity index (χ1) is 13.6. The second kappa shape index (κ2) is 9.87. The van der Waals surface area contributed by atoms with Crippen molar-refractivity contribution in [3.05, 3.63) is 36.2 Å². The van der Waals surface area contributed by atoms with Gasteiger partial charge in [0, 0.05) is 36.3 Å². The maximum absolute atomic E-state index is 12.7. The topological polar surface area (TPSA) is 65.4 Å². The average Bonchev–Trinajstić information content (AvgIpc) is 3.09. The van der Waals surface area contributed by atoms with Crippen molar-refractivity contribution in [1.82, 2.24) is 14.9 Å². The van der Waals surface area contributed by atoms with E-state index < -0.39 is 0 Å². The van der Waals surface area contributed by atoms with E-state index >= 15 is 0 Å². The van der Waals surface area contributed by atoms with Crippen molar-refractivity contribution in [2.75, 3.05) is 13.2 Å². The Kier molecular flexibility index (Phi) is 7.25. The van der Waals surface area contributed by atoms with Gasteiger partial charge in [0.05, 0.1) is 13.2 Å². The van der Waals surface area contributed by atoms with E-state index in [1.807, 2.05) is 51.1 Å². The quantitative estimate of drug-likeness (QED) is 0.720. The number of benzene rings is 1. The van der Waals surface area contributed by atoms with E-state index in [-0.39, 0.29) is 11.9 Å². The maximum Gasteiger partial charge on any atom is 0.251 e. The number of thioether (sulfide) groups is 1. The first kappa shape index (κ1) is 20.6. The number of rotatable bonds is 8. The largest absolute Gasteiger partial charge is 0.490 e. The monoisotopic (exact) mass is 403 g/mol. The molecule has 0 atom stereocenters. The molecule has 1 aliphatic carbocycles. The number of ether oxygens (including phenoxy) is 2. The molecule has 1 aromatic heterocycles. The Morgan fingerprint density at radius 3 is 2.54 bits per heavy atom. The Morgan fingerprint density at radius 1 is 1.18 bits per heavy atom. The molecule has 1 aromatic carbocycles. The molecule has 1 amide bonds. The van der Waals surface area contributed by atoms with Gasteiger partial charge in [0.2, 0.25) is 0 Å². The fourth-order valence-electron chi connectivity index (χ4n) is 3.40. The highest BCUT2D eigenvalue weighted by atomic mass is 32.2. The highest BCUT2D eigenvalue weighted by Gasteiger charge is 2.24. The molecule has 0 radical (unpaired) electrons. The number of hydrogen-bond donors (Lipinski definition) is 1. The first-order valence-electron chi connectivity index (χ1n) is 9.95. The summed E-state index contributed by atoms with van der Waals surface area (Å²) in [5, 5.41) is 4.80. The van der Waals surface area contributed by atoms with Crippen molar-refractivity contribution in [2.45, 2.75) is 56.0 Å². The third-order valence-corrected chi connectivity index (χ3v) is 6.27. The van der Waals surface area contributed by atoms with Crippen LogP contribution in [0.25, 0.3) is 0 Å². The lowest BCUT2D eigenvalue weighted by Crippen LogP contribution is -2.38. The summed E-state index contributed by atoms with van der Waals surface area (Å²) < 4.78 is 13.3. The molecule has 1 heterocycles. The molecule has 2 aromatic rings. The van der Waals surface area contributed by atoms with Gasteiger partial charge in [-0.3, -0.25) is 4.79 Å². The predicted molar refractivity (Wildman–Crippen MR) is 111 cm³/mol. The van der Waals surface area contributed by atoms with E-state index in [0.717, 1.165) is 30.8 Å². The highest BCUT2D eigenvalue weighted by Crippen LogP contribution is 2.33. The van der Waals surface area contributed by atoms with Crippen LogP contribution in [-0.4, -0.2) is 40.0 Å². The molecule has 1 fully saturated rings. The van der Waals surface area contributed by atoms with Crippen LogP contribution >= 0.6 is 11.8 Å². The zero-order chi connectivity index (χ0) is 19.9. The van der Waals surface area contributed by atoms with Gasteiger partial charge >= 0.3 is 0 Å². The first-order valence-corrected chi connectivity index (χ1v) is 10.8. The van der Waals surface area contributed by atoms with Gasteiger partial charge < -0.3 is 19.4 Å². The Labute approximate surface area is 171 Å². The Hall–Kier alpha value is -2.15. The van der Waals surface area contributed by atoms with Gasteiger partial charge in [-0.05, 0) is 57.7 Å². The van der Waals surface area contributed by atoms with Crippen LogP contribution in [0.15, 0.2) is 35.7 Å². The zero-order valence-corrected chi connectivity index (χ0v) is 17.6. The molecule has 152 valence electrons. The third kappa shape index (κ3) is 5.22. The standard InChI is InChI=1S/C21H29N3O3S/c1-4-26-18-11-6-15(14-19(18)27-5-2)20(25)23-16-7-9-17(10-8-16)28-21-22-12-13-24(21)3/h6,11-14,16-17H,4-5,7-10H2,1-3H3,(H,23,25). The molecule has 0 bridgehead atoms. The molecular formula is C21H29N3O3S. The molecule has 0 aliphatic heterocycles. The van der Waals surface area contributed by atoms with Crippen molar-refractivity contribution in [3.63, 3.8) is 0 Å². The second-order valence-corrected chi connectivity index (χ2v) is 8.18. The average molecular weight is 404 g/mol. The number of nitrogens with zero attached hydrogens (tertiary/aromatic N) is 2. The van der Waals surface area contributed by atoms with E-state index in [2.05, 4.69) is 14.9 Å². The van der Waals surface area contributed by atoms with Crippen LogP contribution in [0, 0.1) is 0 Å². The SMILES string of the molecule is CCOc1ccc(C(=O)NC2CCC(Sc3nccn3C)CC2)cc1OCC. The van der Waals surface area contributed by atoms with Gasteiger partial charge in [0.15, 0.2) is 16.7 Å². The van der Waals surface area contributed by atoms with Gasteiger partial charge in [-0.15, -0.1) is 0 Å². The molecular weight excluding hydrogens is 374 g/mol. The minimum Gasteiger partial charge on any atom is -0.490 e. The fraction of sp³-hybridized carbons (Fsp3) is 0.524. The summed E-state index contributed by atoms with van der Waals surface area (Å²) in [6.45, 7) is 4.94. The molecule has 0 spiro atoms. The summed E-state index contributed by atoms with van der Waals surface area (Å²) in [6, 6.07) is 5.59. The third-order valence-electron chi connectivity index (χ3n) is 4.86. The fourth-order valence-corrected chi connectivity index (χ4v) is 4.56. The van der Waals surface area contributed by atoms with Crippen LogP contribution in [0.4, 0.5) is 0 Å². The number of carbonyl (C=O) groups is 1. The smallest absolute Gasteiger partial charge is 0.251 e. The van der Waals surface area contributed by atoms with E-state index in [9.17, 15) is 4.79 Å². The molecule has 3 rings (SSSR count). The Bertz CT molecular complexity index is 785. The van der Waals surface area contributed by atoms with Gasteiger partial charge in [-0.25, -0.2) is 4.98 Å². The van der Waals surface area contributed by atoms with Crippen molar-refractivity contribution in [1.29, 1.82) is 0 Å². The minimum atomic E-state index is -0.0517. The summed E-state index contributed by atoms with van der Waals surface area (Å²) in [7, 11) is 2.02.